The average molecular weight is 363 g/mol. The van der Waals surface area contributed by atoms with Crippen LogP contribution in [0.3, 0.4) is 0 Å². The molecule has 1 amide bonds. The molecule has 1 N–H and O–H groups in total. The minimum Gasteiger partial charge on any atom is -0.496 e. The third kappa shape index (κ3) is 4.14. The van der Waals surface area contributed by atoms with Gasteiger partial charge in [0.05, 0.1) is 13.5 Å². The highest BCUT2D eigenvalue weighted by molar-refractivity contribution is 9.10. The zero-order valence-corrected chi connectivity index (χ0v) is 13.8. The number of hydrogen-bond acceptors (Lipinski definition) is 4. The number of amides is 1. The van der Waals surface area contributed by atoms with Crippen molar-refractivity contribution in [1.29, 1.82) is 0 Å². The number of nitrogens with one attached hydrogen (secondary N) is 1. The van der Waals surface area contributed by atoms with Crippen LogP contribution in [-0.4, -0.2) is 23.8 Å². The molecule has 2 aromatic rings. The van der Waals surface area contributed by atoms with Crippen molar-refractivity contribution < 1.29 is 14.3 Å². The van der Waals surface area contributed by atoms with Gasteiger partial charge in [-0.05, 0) is 53.2 Å². The maximum atomic E-state index is 12.1. The van der Waals surface area contributed by atoms with Crippen molar-refractivity contribution in [2.45, 2.75) is 13.3 Å². The highest BCUT2D eigenvalue weighted by Gasteiger charge is 2.12. The first-order chi connectivity index (χ1) is 10.5. The number of anilines is 1. The Kier molecular flexibility index (Phi) is 5.27. The number of halogens is 1. The Bertz CT molecular complexity index is 699. The van der Waals surface area contributed by atoms with E-state index in [0.717, 1.165) is 4.47 Å². The van der Waals surface area contributed by atoms with Crippen LogP contribution in [0.25, 0.3) is 0 Å². The molecule has 0 fully saturated rings. The van der Waals surface area contributed by atoms with Crippen molar-refractivity contribution in [3.8, 4) is 5.75 Å². The predicted molar refractivity (Wildman–Crippen MR) is 87.3 cm³/mol. The number of pyridine rings is 1. The van der Waals surface area contributed by atoms with Crippen molar-refractivity contribution in [3.63, 3.8) is 0 Å². The summed E-state index contributed by atoms with van der Waals surface area (Å²) in [6, 6.07) is 8.54. The smallest absolute Gasteiger partial charge is 0.230 e. The highest BCUT2D eigenvalue weighted by Crippen LogP contribution is 2.21. The Morgan fingerprint density at radius 3 is 2.64 bits per heavy atom. The number of nitrogens with zero attached hydrogens (tertiary/aromatic N) is 1. The lowest BCUT2D eigenvalue weighted by molar-refractivity contribution is -0.115. The zero-order chi connectivity index (χ0) is 16.1. The fourth-order valence-electron chi connectivity index (χ4n) is 1.95. The number of Topliss-reactive ketones (excluding diaryl/α,β-unsaturated/α-hetero) is 1. The van der Waals surface area contributed by atoms with Gasteiger partial charge in [-0.15, -0.1) is 0 Å². The van der Waals surface area contributed by atoms with Crippen molar-refractivity contribution in [3.05, 3.63) is 52.1 Å². The maximum absolute atomic E-state index is 12.1. The van der Waals surface area contributed by atoms with Gasteiger partial charge >= 0.3 is 0 Å². The first kappa shape index (κ1) is 16.2. The number of hydrogen-bond donors (Lipinski definition) is 1. The van der Waals surface area contributed by atoms with Crippen LogP contribution in [-0.2, 0) is 11.2 Å². The second kappa shape index (κ2) is 7.17. The van der Waals surface area contributed by atoms with Crippen molar-refractivity contribution in [1.82, 2.24) is 4.98 Å². The van der Waals surface area contributed by atoms with Gasteiger partial charge in [-0.3, -0.25) is 9.59 Å². The topological polar surface area (TPSA) is 68.3 Å². The first-order valence-corrected chi connectivity index (χ1v) is 7.38. The highest BCUT2D eigenvalue weighted by atomic mass is 79.9. The molecule has 6 heteroatoms. The molecule has 0 aliphatic carbocycles. The quantitative estimate of drug-likeness (QED) is 0.829. The van der Waals surface area contributed by atoms with Gasteiger partial charge in [-0.1, -0.05) is 0 Å². The molecular weight excluding hydrogens is 348 g/mol. The second-order valence-electron chi connectivity index (χ2n) is 4.67. The molecular formula is C16H15BrN2O3. The molecule has 1 heterocycles. The van der Waals surface area contributed by atoms with Gasteiger partial charge in [0.15, 0.2) is 5.78 Å². The summed E-state index contributed by atoms with van der Waals surface area (Å²) in [4.78, 5) is 27.6. The minimum atomic E-state index is -0.228. The number of methoxy groups -OCH3 is 1. The lowest BCUT2D eigenvalue weighted by Crippen LogP contribution is -2.16. The number of aromatic nitrogens is 1. The summed E-state index contributed by atoms with van der Waals surface area (Å²) in [7, 11) is 1.53. The zero-order valence-electron chi connectivity index (χ0n) is 12.2. The maximum Gasteiger partial charge on any atom is 0.230 e. The summed E-state index contributed by atoms with van der Waals surface area (Å²) in [6.07, 6.45) is 1.70. The van der Waals surface area contributed by atoms with Gasteiger partial charge in [-0.2, -0.15) is 0 Å². The minimum absolute atomic E-state index is 0.0566. The van der Waals surface area contributed by atoms with Gasteiger partial charge in [-0.25, -0.2) is 4.98 Å². The fraction of sp³-hybridized carbons (Fsp3) is 0.188. The van der Waals surface area contributed by atoms with Gasteiger partial charge in [0, 0.05) is 21.8 Å². The molecule has 0 radical (unpaired) electrons. The van der Waals surface area contributed by atoms with Crippen molar-refractivity contribution >= 4 is 33.4 Å². The standard InChI is InChI=1S/C16H15BrN2O3/c1-10(20)11-3-5-14(22-2)12(7-11)8-16(21)19-15-6-4-13(17)9-18-15/h3-7,9H,8H2,1-2H3,(H,18,19,21). The van der Waals surface area contributed by atoms with E-state index in [1.807, 2.05) is 0 Å². The van der Waals surface area contributed by atoms with Crippen LogP contribution < -0.4 is 10.1 Å². The lowest BCUT2D eigenvalue weighted by Gasteiger charge is -2.10. The van der Waals surface area contributed by atoms with Crippen LogP contribution >= 0.6 is 15.9 Å². The van der Waals surface area contributed by atoms with Gasteiger partial charge < -0.3 is 10.1 Å². The van der Waals surface area contributed by atoms with Crippen LogP contribution in [0.15, 0.2) is 41.0 Å². The summed E-state index contributed by atoms with van der Waals surface area (Å²) in [5.74, 6) is 0.756. The Balaban J connectivity index is 2.14. The molecule has 0 aliphatic rings. The van der Waals surface area contributed by atoms with Crippen LogP contribution in [0.1, 0.15) is 22.8 Å². The van der Waals surface area contributed by atoms with Crippen LogP contribution in [0.5, 0.6) is 5.75 Å². The largest absolute Gasteiger partial charge is 0.496 e. The van der Waals surface area contributed by atoms with E-state index in [4.69, 9.17) is 4.74 Å². The molecule has 0 spiro atoms. The molecule has 1 aromatic heterocycles. The molecule has 114 valence electrons. The Morgan fingerprint density at radius 1 is 1.27 bits per heavy atom. The summed E-state index contributed by atoms with van der Waals surface area (Å²) < 4.78 is 6.07. The van der Waals surface area contributed by atoms with E-state index in [2.05, 4.69) is 26.2 Å². The Hall–Kier alpha value is -2.21. The van der Waals surface area contributed by atoms with E-state index in [9.17, 15) is 9.59 Å². The van der Waals surface area contributed by atoms with E-state index in [-0.39, 0.29) is 18.1 Å². The van der Waals surface area contributed by atoms with E-state index < -0.39 is 0 Å². The SMILES string of the molecule is COc1ccc(C(C)=O)cc1CC(=O)Nc1ccc(Br)cn1. The molecule has 2 rings (SSSR count). The van der Waals surface area contributed by atoms with Crippen LogP contribution in [0.2, 0.25) is 0 Å². The van der Waals surface area contributed by atoms with Crippen molar-refractivity contribution in [2.24, 2.45) is 0 Å². The van der Waals surface area contributed by atoms with Gasteiger partial charge in [0.1, 0.15) is 11.6 Å². The molecule has 22 heavy (non-hydrogen) atoms. The molecule has 0 saturated carbocycles. The number of carbonyl (C=O) groups excluding carboxylic acids is 2. The Morgan fingerprint density at radius 2 is 2.05 bits per heavy atom. The molecule has 5 nitrogen and oxygen atoms in total. The van der Waals surface area contributed by atoms with Gasteiger partial charge in [0.25, 0.3) is 0 Å². The summed E-state index contributed by atoms with van der Waals surface area (Å²) >= 11 is 3.28. The predicted octanol–water partition coefficient (Wildman–Crippen LogP) is 3.24. The first-order valence-electron chi connectivity index (χ1n) is 6.59. The summed E-state index contributed by atoms with van der Waals surface area (Å²) in [5.41, 5.74) is 1.20. The normalized spacial score (nSPS) is 10.1. The third-order valence-corrected chi connectivity index (χ3v) is 3.50. The Labute approximate surface area is 136 Å². The number of ketones is 1. The molecule has 1 aromatic carbocycles. The molecule has 0 saturated heterocycles. The van der Waals surface area contributed by atoms with Crippen LogP contribution in [0.4, 0.5) is 5.82 Å². The van der Waals surface area contributed by atoms with E-state index in [0.29, 0.717) is 22.7 Å². The van der Waals surface area contributed by atoms with E-state index in [1.165, 1.54) is 14.0 Å². The molecule has 0 atom stereocenters. The van der Waals surface area contributed by atoms with E-state index >= 15 is 0 Å². The molecule has 0 bridgehead atoms. The average Bonchev–Trinajstić information content (AvgIpc) is 2.49. The monoisotopic (exact) mass is 362 g/mol. The molecule has 0 aliphatic heterocycles. The third-order valence-electron chi connectivity index (χ3n) is 3.03. The number of benzene rings is 1. The fourth-order valence-corrected chi connectivity index (χ4v) is 2.18. The lowest BCUT2D eigenvalue weighted by atomic mass is 10.0. The number of carbonyl (C=O) groups is 2. The number of rotatable bonds is 5. The molecule has 0 unspecified atom stereocenters. The van der Waals surface area contributed by atoms with Crippen LogP contribution in [0, 0.1) is 0 Å². The number of ether oxygens (including phenoxy) is 1. The van der Waals surface area contributed by atoms with Gasteiger partial charge in [0.2, 0.25) is 5.91 Å². The summed E-state index contributed by atoms with van der Waals surface area (Å²) in [5, 5.41) is 2.71. The van der Waals surface area contributed by atoms with E-state index in [1.54, 1.807) is 36.5 Å². The van der Waals surface area contributed by atoms with Crippen molar-refractivity contribution in [2.75, 3.05) is 12.4 Å². The summed E-state index contributed by atoms with van der Waals surface area (Å²) in [6.45, 7) is 1.48. The second-order valence-corrected chi connectivity index (χ2v) is 5.59.